The molecule has 136 valence electrons. The number of carbonyl (C=O) groups is 2. The summed E-state index contributed by atoms with van der Waals surface area (Å²) < 4.78 is 0. The lowest BCUT2D eigenvalue weighted by Crippen LogP contribution is -2.31. The molecule has 3 rings (SSSR count). The van der Waals surface area contributed by atoms with E-state index in [1.165, 1.54) is 5.56 Å². The summed E-state index contributed by atoms with van der Waals surface area (Å²) in [6.45, 7) is 1.30. The van der Waals surface area contributed by atoms with Gasteiger partial charge in [-0.1, -0.05) is 41.9 Å². The molecule has 1 saturated heterocycles. The van der Waals surface area contributed by atoms with Crippen LogP contribution in [0.15, 0.2) is 54.6 Å². The summed E-state index contributed by atoms with van der Waals surface area (Å²) >= 11 is 5.82. The highest BCUT2D eigenvalue weighted by Gasteiger charge is 2.29. The number of amides is 2. The van der Waals surface area contributed by atoms with Gasteiger partial charge in [0.2, 0.25) is 5.91 Å². The zero-order valence-corrected chi connectivity index (χ0v) is 15.4. The number of nitrogens with zero attached hydrogens (tertiary/aromatic N) is 1. The number of hydrogen-bond acceptors (Lipinski definition) is 2. The molecule has 26 heavy (non-hydrogen) atoms. The molecule has 2 aromatic carbocycles. The summed E-state index contributed by atoms with van der Waals surface area (Å²) in [4.78, 5) is 26.6. The first-order valence-corrected chi connectivity index (χ1v) is 9.41. The summed E-state index contributed by atoms with van der Waals surface area (Å²) in [6, 6.07) is 17.2. The summed E-state index contributed by atoms with van der Waals surface area (Å²) in [5.41, 5.74) is 1.78. The third kappa shape index (κ3) is 4.64. The van der Waals surface area contributed by atoms with E-state index in [1.54, 1.807) is 24.3 Å². The van der Waals surface area contributed by atoms with Gasteiger partial charge in [-0.15, -0.1) is 0 Å². The Kier molecular flexibility index (Phi) is 6.29. The summed E-state index contributed by atoms with van der Waals surface area (Å²) in [5.74, 6) is 0.0227. The van der Waals surface area contributed by atoms with E-state index in [0.717, 1.165) is 19.4 Å². The van der Waals surface area contributed by atoms with Gasteiger partial charge >= 0.3 is 0 Å². The highest BCUT2D eigenvalue weighted by molar-refractivity contribution is 6.30. The predicted molar refractivity (Wildman–Crippen MR) is 103 cm³/mol. The van der Waals surface area contributed by atoms with Crippen LogP contribution in [0, 0.1) is 0 Å². The van der Waals surface area contributed by atoms with E-state index >= 15 is 0 Å². The van der Waals surface area contributed by atoms with Crippen LogP contribution in [0.25, 0.3) is 0 Å². The molecule has 1 heterocycles. The molecule has 1 N–H and O–H groups in total. The quantitative estimate of drug-likeness (QED) is 0.774. The maximum absolute atomic E-state index is 12.6. The lowest BCUT2D eigenvalue weighted by atomic mass is 10.0. The molecule has 0 aliphatic carbocycles. The predicted octanol–water partition coefficient (Wildman–Crippen LogP) is 4.21. The van der Waals surface area contributed by atoms with Crippen LogP contribution in [0.5, 0.6) is 0 Å². The Labute approximate surface area is 159 Å². The second-order valence-electron chi connectivity index (χ2n) is 6.52. The number of rotatable bonds is 6. The summed E-state index contributed by atoms with van der Waals surface area (Å²) in [5, 5.41) is 3.46. The third-order valence-electron chi connectivity index (χ3n) is 4.72. The van der Waals surface area contributed by atoms with Gasteiger partial charge in [0.15, 0.2) is 0 Å². The average Bonchev–Trinajstić information content (AvgIpc) is 3.16. The third-order valence-corrected chi connectivity index (χ3v) is 4.97. The minimum Gasteiger partial charge on any atom is -0.352 e. The Hall–Kier alpha value is -2.33. The van der Waals surface area contributed by atoms with Crippen molar-refractivity contribution in [2.45, 2.75) is 31.7 Å². The van der Waals surface area contributed by atoms with E-state index in [4.69, 9.17) is 11.6 Å². The van der Waals surface area contributed by atoms with Crippen molar-refractivity contribution < 1.29 is 9.59 Å². The van der Waals surface area contributed by atoms with Crippen molar-refractivity contribution in [2.24, 2.45) is 0 Å². The topological polar surface area (TPSA) is 49.4 Å². The zero-order valence-electron chi connectivity index (χ0n) is 14.7. The van der Waals surface area contributed by atoms with Crippen molar-refractivity contribution in [3.05, 3.63) is 70.7 Å². The lowest BCUT2D eigenvalue weighted by molar-refractivity contribution is -0.132. The molecular weight excluding hydrogens is 348 g/mol. The van der Waals surface area contributed by atoms with Gasteiger partial charge in [-0.2, -0.15) is 0 Å². The van der Waals surface area contributed by atoms with Crippen molar-refractivity contribution >= 4 is 23.4 Å². The van der Waals surface area contributed by atoms with E-state index in [2.05, 4.69) is 17.4 Å². The minimum absolute atomic E-state index is 0.141. The smallest absolute Gasteiger partial charge is 0.251 e. The number of benzene rings is 2. The van der Waals surface area contributed by atoms with Gasteiger partial charge in [0.05, 0.1) is 6.04 Å². The molecule has 0 radical (unpaired) electrons. The molecule has 1 aliphatic heterocycles. The molecule has 0 bridgehead atoms. The van der Waals surface area contributed by atoms with Crippen LogP contribution in [0.3, 0.4) is 0 Å². The highest BCUT2D eigenvalue weighted by atomic mass is 35.5. The second kappa shape index (κ2) is 8.86. The minimum atomic E-state index is -0.141. The Morgan fingerprint density at radius 2 is 1.81 bits per heavy atom. The van der Waals surface area contributed by atoms with Crippen molar-refractivity contribution in [3.63, 3.8) is 0 Å². The molecule has 2 aromatic rings. The highest BCUT2D eigenvalue weighted by Crippen LogP contribution is 2.32. The lowest BCUT2D eigenvalue weighted by Gasteiger charge is -2.25. The monoisotopic (exact) mass is 370 g/mol. The largest absolute Gasteiger partial charge is 0.352 e. The second-order valence-corrected chi connectivity index (χ2v) is 6.96. The molecule has 1 unspecified atom stereocenters. The van der Waals surface area contributed by atoms with Crippen LogP contribution < -0.4 is 5.32 Å². The maximum Gasteiger partial charge on any atom is 0.251 e. The first-order chi connectivity index (χ1) is 12.6. The van der Waals surface area contributed by atoms with Gasteiger partial charge in [0.1, 0.15) is 0 Å². The van der Waals surface area contributed by atoms with Gasteiger partial charge < -0.3 is 10.2 Å². The Balaban J connectivity index is 1.45. The van der Waals surface area contributed by atoms with E-state index in [-0.39, 0.29) is 17.9 Å². The van der Waals surface area contributed by atoms with Crippen LogP contribution in [-0.4, -0.2) is 29.8 Å². The average molecular weight is 371 g/mol. The van der Waals surface area contributed by atoms with Crippen molar-refractivity contribution in [3.8, 4) is 0 Å². The van der Waals surface area contributed by atoms with Crippen molar-refractivity contribution in [1.29, 1.82) is 0 Å². The Morgan fingerprint density at radius 1 is 1.08 bits per heavy atom. The number of halogens is 1. The molecule has 0 aromatic heterocycles. The van der Waals surface area contributed by atoms with Crippen LogP contribution in [0.1, 0.15) is 47.6 Å². The van der Waals surface area contributed by atoms with E-state index in [0.29, 0.717) is 30.0 Å². The normalized spacial score (nSPS) is 16.5. The van der Waals surface area contributed by atoms with Gasteiger partial charge in [-0.05, 0) is 49.1 Å². The van der Waals surface area contributed by atoms with Crippen LogP contribution >= 0.6 is 11.6 Å². The Morgan fingerprint density at radius 3 is 2.54 bits per heavy atom. The molecule has 0 spiro atoms. The molecule has 1 atom stereocenters. The van der Waals surface area contributed by atoms with Gasteiger partial charge in [-0.3, -0.25) is 9.59 Å². The Bertz CT molecular complexity index is 746. The number of likely N-dealkylation sites (tertiary alicyclic amines) is 1. The van der Waals surface area contributed by atoms with Gasteiger partial charge in [-0.25, -0.2) is 0 Å². The van der Waals surface area contributed by atoms with Gasteiger partial charge in [0.25, 0.3) is 5.91 Å². The molecule has 1 aliphatic rings. The van der Waals surface area contributed by atoms with Crippen LogP contribution in [0.2, 0.25) is 5.02 Å². The molecule has 4 nitrogen and oxygen atoms in total. The van der Waals surface area contributed by atoms with E-state index in [1.807, 2.05) is 23.1 Å². The fourth-order valence-electron chi connectivity index (χ4n) is 3.38. The van der Waals surface area contributed by atoms with Crippen LogP contribution in [0.4, 0.5) is 0 Å². The molecule has 1 fully saturated rings. The summed E-state index contributed by atoms with van der Waals surface area (Å²) in [6.07, 6.45) is 3.14. The number of carbonyl (C=O) groups excluding carboxylic acids is 2. The fourth-order valence-corrected chi connectivity index (χ4v) is 3.50. The fraction of sp³-hybridized carbons (Fsp3) is 0.333. The first kappa shape index (κ1) is 18.5. The molecule has 2 amide bonds. The molecular formula is C21H23ClN2O2. The van der Waals surface area contributed by atoms with Crippen molar-refractivity contribution in [1.82, 2.24) is 10.2 Å². The van der Waals surface area contributed by atoms with Gasteiger partial charge in [0, 0.05) is 30.1 Å². The molecule has 0 saturated carbocycles. The van der Waals surface area contributed by atoms with E-state index in [9.17, 15) is 9.59 Å². The SMILES string of the molecule is O=C(NCCCC(=O)N1CCCC1c1ccccc1)c1ccc(Cl)cc1. The van der Waals surface area contributed by atoms with E-state index < -0.39 is 0 Å². The maximum atomic E-state index is 12.6. The first-order valence-electron chi connectivity index (χ1n) is 9.03. The summed E-state index contributed by atoms with van der Waals surface area (Å²) in [7, 11) is 0. The number of hydrogen-bond donors (Lipinski definition) is 1. The van der Waals surface area contributed by atoms with Crippen LogP contribution in [-0.2, 0) is 4.79 Å². The van der Waals surface area contributed by atoms with Crippen molar-refractivity contribution in [2.75, 3.05) is 13.1 Å². The zero-order chi connectivity index (χ0) is 18.4. The number of nitrogens with one attached hydrogen (secondary N) is 1. The molecule has 5 heteroatoms. The standard InChI is InChI=1S/C21H23ClN2O2/c22-18-12-10-17(11-13-18)21(26)23-14-4-9-20(25)24-15-5-8-19(24)16-6-2-1-3-7-16/h1-3,6-7,10-13,19H,4-5,8-9,14-15H2,(H,23,26).